The number of para-hydroxylation sites is 2. The van der Waals surface area contributed by atoms with Crippen molar-refractivity contribution in [3.8, 4) is 5.69 Å². The zero-order chi connectivity index (χ0) is 17.3. The van der Waals surface area contributed by atoms with Crippen LogP contribution >= 0.6 is 0 Å². The number of hydrogen-bond acceptors (Lipinski definition) is 3. The van der Waals surface area contributed by atoms with Gasteiger partial charge in [-0.1, -0.05) is 36.9 Å². The summed E-state index contributed by atoms with van der Waals surface area (Å²) in [7, 11) is 0. The van der Waals surface area contributed by atoms with Gasteiger partial charge in [-0.2, -0.15) is 0 Å². The molecule has 0 saturated heterocycles. The number of benzene rings is 2. The van der Waals surface area contributed by atoms with Crippen LogP contribution in [0.1, 0.15) is 17.0 Å². The first-order chi connectivity index (χ1) is 11.5. The van der Waals surface area contributed by atoms with E-state index in [0.29, 0.717) is 11.3 Å². The molecule has 0 spiro atoms. The predicted molar refractivity (Wildman–Crippen MR) is 89.2 cm³/mol. The van der Waals surface area contributed by atoms with Crippen LogP contribution in [-0.4, -0.2) is 31.7 Å². The van der Waals surface area contributed by atoms with Crippen LogP contribution in [0, 0.1) is 0 Å². The second kappa shape index (κ2) is 6.00. The number of rotatable bonds is 5. The first-order valence-corrected chi connectivity index (χ1v) is 7.18. The fraction of sp³-hybridized carbons (Fsp3) is 0.0556. The maximum Gasteiger partial charge on any atom is 0.322 e. The van der Waals surface area contributed by atoms with Crippen molar-refractivity contribution >= 4 is 29.0 Å². The summed E-state index contributed by atoms with van der Waals surface area (Å²) in [6.45, 7) is 3.72. The summed E-state index contributed by atoms with van der Waals surface area (Å²) in [6.07, 6.45) is 3.09. The van der Waals surface area contributed by atoms with Gasteiger partial charge in [-0.05, 0) is 23.8 Å². The lowest BCUT2D eigenvalue weighted by molar-refractivity contribution is -0.150. The van der Waals surface area contributed by atoms with E-state index in [4.69, 9.17) is 0 Å². The third-order valence-electron chi connectivity index (χ3n) is 3.84. The zero-order valence-electron chi connectivity index (χ0n) is 12.6. The Bertz CT molecular complexity index is 945. The molecule has 0 aliphatic carbocycles. The molecule has 0 saturated carbocycles. The Morgan fingerprint density at radius 2 is 1.79 bits per heavy atom. The first-order valence-electron chi connectivity index (χ1n) is 7.18. The number of aliphatic carboxylic acids is 2. The van der Waals surface area contributed by atoms with Crippen molar-refractivity contribution in [3.05, 3.63) is 66.5 Å². The molecule has 0 aliphatic rings. The van der Waals surface area contributed by atoms with E-state index in [0.717, 1.165) is 11.0 Å². The fourth-order valence-electron chi connectivity index (χ4n) is 2.78. The molecule has 24 heavy (non-hydrogen) atoms. The van der Waals surface area contributed by atoms with Crippen molar-refractivity contribution in [2.24, 2.45) is 0 Å². The summed E-state index contributed by atoms with van der Waals surface area (Å²) >= 11 is 0. The van der Waals surface area contributed by atoms with Gasteiger partial charge in [0.05, 0.1) is 16.7 Å². The van der Waals surface area contributed by atoms with Crippen LogP contribution in [0.2, 0.25) is 0 Å². The molecule has 120 valence electrons. The molecule has 2 aromatic carbocycles. The Morgan fingerprint density at radius 1 is 1.08 bits per heavy atom. The summed E-state index contributed by atoms with van der Waals surface area (Å²) in [4.78, 5) is 27.1. The number of fused-ring (bicyclic) bond motifs is 1. The van der Waals surface area contributed by atoms with Crippen molar-refractivity contribution in [3.63, 3.8) is 0 Å². The lowest BCUT2D eigenvalue weighted by Gasteiger charge is -2.16. The van der Waals surface area contributed by atoms with Crippen LogP contribution in [0.25, 0.3) is 22.8 Å². The molecule has 1 heterocycles. The van der Waals surface area contributed by atoms with Gasteiger partial charge >= 0.3 is 11.9 Å². The smallest absolute Gasteiger partial charge is 0.322 e. The minimum absolute atomic E-state index is 0.181. The largest absolute Gasteiger partial charge is 0.480 e. The van der Waals surface area contributed by atoms with E-state index in [2.05, 4.69) is 11.6 Å². The third kappa shape index (κ3) is 2.44. The van der Waals surface area contributed by atoms with Gasteiger partial charge in [0.2, 0.25) is 0 Å². The highest BCUT2D eigenvalue weighted by Crippen LogP contribution is 2.29. The van der Waals surface area contributed by atoms with Crippen molar-refractivity contribution in [2.45, 2.75) is 5.92 Å². The molecule has 3 rings (SSSR count). The fourth-order valence-corrected chi connectivity index (χ4v) is 2.78. The monoisotopic (exact) mass is 322 g/mol. The molecule has 0 fully saturated rings. The van der Waals surface area contributed by atoms with Crippen LogP contribution in [0.15, 0.2) is 55.4 Å². The molecule has 0 radical (unpaired) electrons. The highest BCUT2D eigenvalue weighted by atomic mass is 16.4. The van der Waals surface area contributed by atoms with Gasteiger partial charge in [-0.15, -0.1) is 0 Å². The number of carbonyl (C=O) groups is 2. The van der Waals surface area contributed by atoms with Crippen LogP contribution in [-0.2, 0) is 9.59 Å². The van der Waals surface area contributed by atoms with E-state index >= 15 is 0 Å². The number of hydrogen-bond donors (Lipinski definition) is 2. The summed E-state index contributed by atoms with van der Waals surface area (Å²) in [5.74, 6) is -4.50. The third-order valence-corrected chi connectivity index (χ3v) is 3.84. The number of carboxylic acid groups (broad SMARTS) is 2. The van der Waals surface area contributed by atoms with E-state index in [1.54, 1.807) is 23.0 Å². The molecule has 6 nitrogen and oxygen atoms in total. The Kier molecular flexibility index (Phi) is 3.87. The van der Waals surface area contributed by atoms with Crippen molar-refractivity contribution in [2.75, 3.05) is 0 Å². The SMILES string of the molecule is C=Cc1c(C(C(=O)O)C(=O)O)cccc1-n1cnc2ccccc21. The quantitative estimate of drug-likeness (QED) is 0.705. The highest BCUT2D eigenvalue weighted by Gasteiger charge is 2.30. The molecule has 0 aliphatic heterocycles. The topological polar surface area (TPSA) is 92.4 Å². The van der Waals surface area contributed by atoms with Crippen LogP contribution in [0.4, 0.5) is 0 Å². The second-order valence-corrected chi connectivity index (χ2v) is 5.20. The Morgan fingerprint density at radius 3 is 2.46 bits per heavy atom. The summed E-state index contributed by atoms with van der Waals surface area (Å²) in [5, 5.41) is 18.6. The summed E-state index contributed by atoms with van der Waals surface area (Å²) in [5.41, 5.74) is 2.88. The molecule has 0 amide bonds. The van der Waals surface area contributed by atoms with Gasteiger partial charge in [-0.25, -0.2) is 4.98 Å². The van der Waals surface area contributed by atoms with E-state index < -0.39 is 17.9 Å². The zero-order valence-corrected chi connectivity index (χ0v) is 12.6. The Labute approximate surface area is 137 Å². The molecule has 0 unspecified atom stereocenters. The van der Waals surface area contributed by atoms with Crippen molar-refractivity contribution in [1.82, 2.24) is 9.55 Å². The molecule has 3 aromatic rings. The Hall–Kier alpha value is -3.41. The summed E-state index contributed by atoms with van der Waals surface area (Å²) < 4.78 is 1.79. The van der Waals surface area contributed by atoms with Crippen LogP contribution < -0.4 is 0 Å². The molecular weight excluding hydrogens is 308 g/mol. The lowest BCUT2D eigenvalue weighted by atomic mass is 9.93. The maximum absolute atomic E-state index is 11.4. The van der Waals surface area contributed by atoms with Crippen molar-refractivity contribution in [1.29, 1.82) is 0 Å². The number of aromatic nitrogens is 2. The number of imidazole rings is 1. The second-order valence-electron chi connectivity index (χ2n) is 5.20. The Balaban J connectivity index is 2.27. The van der Waals surface area contributed by atoms with E-state index in [1.807, 2.05) is 24.3 Å². The van der Waals surface area contributed by atoms with Gasteiger partial charge < -0.3 is 10.2 Å². The summed E-state index contributed by atoms with van der Waals surface area (Å²) in [6, 6.07) is 12.4. The molecule has 6 heteroatoms. The minimum atomic E-state index is -1.66. The van der Waals surface area contributed by atoms with E-state index in [9.17, 15) is 19.8 Å². The first kappa shape index (κ1) is 15.5. The predicted octanol–water partition coefficient (Wildman–Crippen LogP) is 2.92. The van der Waals surface area contributed by atoms with Gasteiger partial charge in [0, 0.05) is 5.56 Å². The van der Waals surface area contributed by atoms with Gasteiger partial charge in [0.1, 0.15) is 6.33 Å². The normalized spacial score (nSPS) is 10.9. The number of nitrogens with zero attached hydrogens (tertiary/aromatic N) is 2. The molecule has 2 N–H and O–H groups in total. The average Bonchev–Trinajstić information content (AvgIpc) is 2.98. The van der Waals surface area contributed by atoms with E-state index in [1.165, 1.54) is 12.1 Å². The van der Waals surface area contributed by atoms with Gasteiger partial charge in [0.25, 0.3) is 0 Å². The van der Waals surface area contributed by atoms with E-state index in [-0.39, 0.29) is 5.56 Å². The highest BCUT2D eigenvalue weighted by molar-refractivity contribution is 6.00. The molecular formula is C18H14N2O4. The standard InChI is InChI=1S/C18H14N2O4/c1-2-11-12(16(17(21)22)18(23)24)6-5-9-14(11)20-10-19-13-7-3-4-8-15(13)20/h2-10,16H,1H2,(H,21,22)(H,23,24). The van der Waals surface area contributed by atoms with Crippen LogP contribution in [0.3, 0.4) is 0 Å². The average molecular weight is 322 g/mol. The van der Waals surface area contributed by atoms with Crippen molar-refractivity contribution < 1.29 is 19.8 Å². The van der Waals surface area contributed by atoms with Crippen LogP contribution in [0.5, 0.6) is 0 Å². The maximum atomic E-state index is 11.4. The number of carboxylic acids is 2. The van der Waals surface area contributed by atoms with Gasteiger partial charge in [0.15, 0.2) is 5.92 Å². The molecule has 1 aromatic heterocycles. The minimum Gasteiger partial charge on any atom is -0.480 e. The lowest BCUT2D eigenvalue weighted by Crippen LogP contribution is -2.22. The molecule has 0 bridgehead atoms. The van der Waals surface area contributed by atoms with Gasteiger partial charge in [-0.3, -0.25) is 14.2 Å². The molecule has 0 atom stereocenters.